The van der Waals surface area contributed by atoms with Crippen LogP contribution in [0.1, 0.15) is 84.3 Å². The molecule has 0 aliphatic rings. The zero-order chi connectivity index (χ0) is 30.4. The van der Waals surface area contributed by atoms with Crippen molar-refractivity contribution < 1.29 is 9.90 Å². The standard InChI is InChI=1S/C39H43NO2/c1-25(2)28(5)38-23-34(30(7)40-24-32-14-12-26(3)13-15-32)20-21-35(38)29(6)27(4)22-31-16-18-33(19-17-31)36-10-8-9-11-37(36)39(41)42/h8-21,23,27,29,40H,7,22,24H2,1-6H3,(H,41,42). The van der Waals surface area contributed by atoms with Crippen LogP contribution in [-0.4, -0.2) is 11.1 Å². The third-order valence-corrected chi connectivity index (χ3v) is 8.51. The number of aryl methyl sites for hydroxylation is 1. The Bertz CT molecular complexity index is 1590. The minimum atomic E-state index is -0.906. The summed E-state index contributed by atoms with van der Waals surface area (Å²) in [4.78, 5) is 11.7. The molecule has 0 amide bonds. The Morgan fingerprint density at radius 2 is 1.48 bits per heavy atom. The summed E-state index contributed by atoms with van der Waals surface area (Å²) in [5.74, 6) is -0.166. The third kappa shape index (κ3) is 7.28. The van der Waals surface area contributed by atoms with Gasteiger partial charge in [0.25, 0.3) is 0 Å². The van der Waals surface area contributed by atoms with E-state index in [1.165, 1.54) is 39.0 Å². The molecule has 2 atom stereocenters. The summed E-state index contributed by atoms with van der Waals surface area (Å²) in [5, 5.41) is 13.1. The Hall–Kier alpha value is -4.37. The lowest BCUT2D eigenvalue weighted by Gasteiger charge is -2.25. The van der Waals surface area contributed by atoms with Gasteiger partial charge in [-0.05, 0) is 103 Å². The summed E-state index contributed by atoms with van der Waals surface area (Å²) >= 11 is 0. The molecule has 0 saturated heterocycles. The predicted octanol–water partition coefficient (Wildman–Crippen LogP) is 9.92. The van der Waals surface area contributed by atoms with Crippen LogP contribution in [0, 0.1) is 12.8 Å². The minimum Gasteiger partial charge on any atom is -0.478 e. The maximum atomic E-state index is 11.7. The van der Waals surface area contributed by atoms with Gasteiger partial charge in [0, 0.05) is 12.2 Å². The lowest BCUT2D eigenvalue weighted by Crippen LogP contribution is -2.14. The topological polar surface area (TPSA) is 49.3 Å². The molecule has 2 N–H and O–H groups in total. The maximum Gasteiger partial charge on any atom is 0.336 e. The van der Waals surface area contributed by atoms with E-state index in [1.54, 1.807) is 12.1 Å². The van der Waals surface area contributed by atoms with Crippen molar-refractivity contribution in [2.45, 2.75) is 60.4 Å². The number of carbonyl (C=O) groups is 1. The molecule has 4 aromatic rings. The van der Waals surface area contributed by atoms with Crippen LogP contribution < -0.4 is 5.32 Å². The van der Waals surface area contributed by atoms with Crippen LogP contribution in [0.2, 0.25) is 0 Å². The highest BCUT2D eigenvalue weighted by molar-refractivity contribution is 5.96. The van der Waals surface area contributed by atoms with Crippen molar-refractivity contribution in [3.63, 3.8) is 0 Å². The van der Waals surface area contributed by atoms with Gasteiger partial charge >= 0.3 is 5.97 Å². The fourth-order valence-electron chi connectivity index (χ4n) is 5.35. The van der Waals surface area contributed by atoms with Crippen LogP contribution in [0.5, 0.6) is 0 Å². The average molecular weight is 558 g/mol. The smallest absolute Gasteiger partial charge is 0.336 e. The summed E-state index contributed by atoms with van der Waals surface area (Å²) < 4.78 is 0. The molecule has 0 aromatic heterocycles. The SMILES string of the molecule is C=C(NCc1ccc(C)cc1)c1ccc(C(C)C(C)Cc2ccc(-c3ccccc3C(=O)O)cc2)c(C(C)=C(C)C)c1. The number of carboxylic acids is 1. The van der Waals surface area contributed by atoms with E-state index in [2.05, 4.69) is 108 Å². The summed E-state index contributed by atoms with van der Waals surface area (Å²) in [6, 6.07) is 30.9. The number of allylic oxidation sites excluding steroid dienone is 2. The molecule has 0 bridgehead atoms. The molecule has 0 saturated carbocycles. The first kappa shape index (κ1) is 30.6. The molecule has 42 heavy (non-hydrogen) atoms. The van der Waals surface area contributed by atoms with Crippen molar-refractivity contribution in [1.29, 1.82) is 0 Å². The van der Waals surface area contributed by atoms with Crippen LogP contribution in [0.4, 0.5) is 0 Å². The van der Waals surface area contributed by atoms with E-state index < -0.39 is 5.97 Å². The van der Waals surface area contributed by atoms with Gasteiger partial charge in [0.05, 0.1) is 5.56 Å². The van der Waals surface area contributed by atoms with E-state index in [0.717, 1.165) is 35.4 Å². The Morgan fingerprint density at radius 1 is 0.833 bits per heavy atom. The lowest BCUT2D eigenvalue weighted by atomic mass is 9.80. The second-order valence-corrected chi connectivity index (χ2v) is 11.8. The second-order valence-electron chi connectivity index (χ2n) is 11.8. The van der Waals surface area contributed by atoms with E-state index in [0.29, 0.717) is 17.4 Å². The fraction of sp³-hybridized carbons (Fsp3) is 0.256. The van der Waals surface area contributed by atoms with Gasteiger partial charge in [-0.25, -0.2) is 4.79 Å². The van der Waals surface area contributed by atoms with Gasteiger partial charge in [-0.1, -0.05) is 110 Å². The van der Waals surface area contributed by atoms with Crippen LogP contribution in [0.25, 0.3) is 22.4 Å². The quantitative estimate of drug-likeness (QED) is 0.193. The molecule has 4 aromatic carbocycles. The van der Waals surface area contributed by atoms with Gasteiger partial charge in [0.15, 0.2) is 0 Å². The molecule has 0 spiro atoms. The van der Waals surface area contributed by atoms with E-state index in [1.807, 2.05) is 24.3 Å². The normalized spacial score (nSPS) is 12.3. The van der Waals surface area contributed by atoms with E-state index in [-0.39, 0.29) is 0 Å². The number of hydrogen-bond donors (Lipinski definition) is 2. The molecule has 0 aliphatic heterocycles. The molecule has 0 radical (unpaired) electrons. The predicted molar refractivity (Wildman–Crippen MR) is 178 cm³/mol. The number of nitrogens with one attached hydrogen (secondary N) is 1. The van der Waals surface area contributed by atoms with E-state index in [4.69, 9.17) is 0 Å². The third-order valence-electron chi connectivity index (χ3n) is 8.51. The zero-order valence-electron chi connectivity index (χ0n) is 25.8. The fourth-order valence-corrected chi connectivity index (χ4v) is 5.35. The Morgan fingerprint density at radius 3 is 2.12 bits per heavy atom. The van der Waals surface area contributed by atoms with Crippen LogP contribution in [0.3, 0.4) is 0 Å². The molecular formula is C39H43NO2. The van der Waals surface area contributed by atoms with Crippen molar-refractivity contribution in [2.24, 2.45) is 5.92 Å². The number of aromatic carboxylic acids is 1. The van der Waals surface area contributed by atoms with Gasteiger partial charge in [-0.15, -0.1) is 0 Å². The van der Waals surface area contributed by atoms with Gasteiger partial charge in [0.2, 0.25) is 0 Å². The van der Waals surface area contributed by atoms with Crippen LogP contribution >= 0.6 is 0 Å². The largest absolute Gasteiger partial charge is 0.478 e. The molecule has 0 fully saturated rings. The van der Waals surface area contributed by atoms with Crippen molar-refractivity contribution >= 4 is 17.2 Å². The highest BCUT2D eigenvalue weighted by Crippen LogP contribution is 2.35. The number of carboxylic acid groups (broad SMARTS) is 1. The zero-order valence-corrected chi connectivity index (χ0v) is 25.8. The minimum absolute atomic E-state index is 0.325. The van der Waals surface area contributed by atoms with E-state index in [9.17, 15) is 9.90 Å². The number of benzene rings is 4. The molecule has 216 valence electrons. The second kappa shape index (κ2) is 13.5. The first-order valence-corrected chi connectivity index (χ1v) is 14.7. The Balaban J connectivity index is 1.52. The highest BCUT2D eigenvalue weighted by atomic mass is 16.4. The number of hydrogen-bond acceptors (Lipinski definition) is 2. The van der Waals surface area contributed by atoms with Gasteiger partial charge in [-0.2, -0.15) is 0 Å². The Labute approximate surface area is 251 Å². The van der Waals surface area contributed by atoms with Crippen LogP contribution in [0.15, 0.2) is 103 Å². The summed E-state index contributed by atoms with van der Waals surface area (Å²) in [7, 11) is 0. The molecule has 4 rings (SSSR count). The van der Waals surface area contributed by atoms with Gasteiger partial charge < -0.3 is 10.4 Å². The highest BCUT2D eigenvalue weighted by Gasteiger charge is 2.20. The maximum absolute atomic E-state index is 11.7. The monoisotopic (exact) mass is 557 g/mol. The molecule has 2 unspecified atom stereocenters. The van der Waals surface area contributed by atoms with Gasteiger partial charge in [0.1, 0.15) is 0 Å². The first-order chi connectivity index (χ1) is 20.0. The Kier molecular flexibility index (Phi) is 9.85. The van der Waals surface area contributed by atoms with Crippen molar-refractivity contribution in [2.75, 3.05) is 0 Å². The molecule has 0 aliphatic carbocycles. The van der Waals surface area contributed by atoms with Crippen molar-refractivity contribution in [3.05, 3.63) is 142 Å². The summed E-state index contributed by atoms with van der Waals surface area (Å²) in [6.45, 7) is 18.4. The first-order valence-electron chi connectivity index (χ1n) is 14.7. The summed E-state index contributed by atoms with van der Waals surface area (Å²) in [5.41, 5.74) is 13.0. The van der Waals surface area contributed by atoms with Crippen molar-refractivity contribution in [3.8, 4) is 11.1 Å². The number of rotatable bonds is 11. The molecular weight excluding hydrogens is 514 g/mol. The molecule has 3 heteroatoms. The lowest BCUT2D eigenvalue weighted by molar-refractivity contribution is 0.0697. The summed E-state index contributed by atoms with van der Waals surface area (Å²) in [6.07, 6.45) is 0.932. The molecule has 3 nitrogen and oxygen atoms in total. The average Bonchev–Trinajstić information content (AvgIpc) is 2.99. The molecule has 0 heterocycles. The van der Waals surface area contributed by atoms with Gasteiger partial charge in [-0.3, -0.25) is 0 Å². The van der Waals surface area contributed by atoms with Crippen molar-refractivity contribution in [1.82, 2.24) is 5.32 Å². The van der Waals surface area contributed by atoms with Crippen LogP contribution in [-0.2, 0) is 13.0 Å². The van der Waals surface area contributed by atoms with E-state index >= 15 is 0 Å².